The van der Waals surface area contributed by atoms with Crippen LogP contribution >= 0.6 is 11.6 Å². The van der Waals surface area contributed by atoms with E-state index in [1.807, 2.05) is 17.0 Å². The highest BCUT2D eigenvalue weighted by Gasteiger charge is 2.25. The number of halogens is 1. The molecule has 1 aliphatic rings. The van der Waals surface area contributed by atoms with E-state index in [0.29, 0.717) is 17.5 Å². The van der Waals surface area contributed by atoms with E-state index in [9.17, 15) is 4.79 Å². The molecule has 0 bridgehead atoms. The number of methoxy groups -OCH3 is 1. The van der Waals surface area contributed by atoms with Crippen LogP contribution in [0, 0.1) is 0 Å². The topological polar surface area (TPSA) is 41.6 Å². The van der Waals surface area contributed by atoms with Gasteiger partial charge in [-0.3, -0.25) is 4.79 Å². The maximum absolute atomic E-state index is 12.8. The largest absolute Gasteiger partial charge is 0.496 e. The molecule has 1 saturated heterocycles. The van der Waals surface area contributed by atoms with Gasteiger partial charge in [0.1, 0.15) is 5.75 Å². The van der Waals surface area contributed by atoms with Crippen molar-refractivity contribution in [1.82, 2.24) is 10.2 Å². The Labute approximate surface area is 137 Å². The molecule has 4 nitrogen and oxygen atoms in total. The van der Waals surface area contributed by atoms with Crippen molar-refractivity contribution in [1.29, 1.82) is 0 Å². The third-order valence-electron chi connectivity index (χ3n) is 4.12. The van der Waals surface area contributed by atoms with Crippen LogP contribution < -0.4 is 10.1 Å². The molecule has 1 aromatic carbocycles. The van der Waals surface area contributed by atoms with Gasteiger partial charge in [0.05, 0.1) is 13.5 Å². The maximum Gasteiger partial charge on any atom is 0.227 e. The number of hydrogen-bond donors (Lipinski definition) is 1. The van der Waals surface area contributed by atoms with Crippen molar-refractivity contribution in [3.05, 3.63) is 28.8 Å². The van der Waals surface area contributed by atoms with Gasteiger partial charge in [-0.1, -0.05) is 18.5 Å². The lowest BCUT2D eigenvalue weighted by Gasteiger charge is -2.34. The van der Waals surface area contributed by atoms with Crippen molar-refractivity contribution >= 4 is 17.5 Å². The lowest BCUT2D eigenvalue weighted by Crippen LogP contribution is -2.47. The molecule has 0 unspecified atom stereocenters. The van der Waals surface area contributed by atoms with Crippen molar-refractivity contribution in [3.8, 4) is 5.75 Å². The van der Waals surface area contributed by atoms with Crippen LogP contribution in [0.1, 0.15) is 31.7 Å². The molecule has 0 saturated carbocycles. The summed E-state index contributed by atoms with van der Waals surface area (Å²) in [5.74, 6) is 0.883. The summed E-state index contributed by atoms with van der Waals surface area (Å²) in [7, 11) is 1.62. The van der Waals surface area contributed by atoms with Gasteiger partial charge in [-0.05, 0) is 50.6 Å². The Morgan fingerprint density at radius 3 is 2.77 bits per heavy atom. The Morgan fingerprint density at radius 1 is 1.41 bits per heavy atom. The van der Waals surface area contributed by atoms with Crippen LogP contribution in [-0.4, -0.2) is 43.6 Å². The standard InChI is InChI=1S/C17H25ClN2O2/c1-3-10-20(15-6-8-19-9-7-15)17(21)12-13-11-14(18)4-5-16(13)22-2/h4-5,11,15,19H,3,6-10,12H2,1-2H3. The minimum absolute atomic E-state index is 0.161. The minimum atomic E-state index is 0.161. The second-order valence-corrected chi connectivity index (χ2v) is 6.14. The molecule has 0 atom stereocenters. The van der Waals surface area contributed by atoms with E-state index in [1.54, 1.807) is 13.2 Å². The average molecular weight is 325 g/mol. The molecule has 1 heterocycles. The molecule has 22 heavy (non-hydrogen) atoms. The van der Waals surface area contributed by atoms with Crippen LogP contribution in [0.15, 0.2) is 18.2 Å². The number of amides is 1. The zero-order valence-electron chi connectivity index (χ0n) is 13.4. The van der Waals surface area contributed by atoms with E-state index >= 15 is 0 Å². The maximum atomic E-state index is 12.8. The molecule has 2 rings (SSSR count). The lowest BCUT2D eigenvalue weighted by molar-refractivity contribution is -0.133. The van der Waals surface area contributed by atoms with Gasteiger partial charge in [0.2, 0.25) is 5.91 Å². The fourth-order valence-corrected chi connectivity index (χ4v) is 3.21. The average Bonchev–Trinajstić information content (AvgIpc) is 2.53. The fraction of sp³-hybridized carbons (Fsp3) is 0.588. The van der Waals surface area contributed by atoms with Gasteiger partial charge in [0.25, 0.3) is 0 Å². The number of hydrogen-bond acceptors (Lipinski definition) is 3. The molecule has 1 fully saturated rings. The quantitative estimate of drug-likeness (QED) is 0.875. The summed E-state index contributed by atoms with van der Waals surface area (Å²) >= 11 is 6.06. The third-order valence-corrected chi connectivity index (χ3v) is 4.35. The van der Waals surface area contributed by atoms with Gasteiger partial charge in [-0.2, -0.15) is 0 Å². The van der Waals surface area contributed by atoms with E-state index in [-0.39, 0.29) is 5.91 Å². The van der Waals surface area contributed by atoms with Gasteiger partial charge in [-0.25, -0.2) is 0 Å². The lowest BCUT2D eigenvalue weighted by atomic mass is 10.0. The molecule has 1 N–H and O–H groups in total. The zero-order chi connectivity index (χ0) is 15.9. The first kappa shape index (κ1) is 17.1. The number of piperidine rings is 1. The smallest absolute Gasteiger partial charge is 0.227 e. The van der Waals surface area contributed by atoms with Crippen molar-refractivity contribution in [2.24, 2.45) is 0 Å². The van der Waals surface area contributed by atoms with E-state index in [2.05, 4.69) is 12.2 Å². The molecule has 0 aliphatic carbocycles. The van der Waals surface area contributed by atoms with Crippen LogP contribution in [0.5, 0.6) is 5.75 Å². The van der Waals surface area contributed by atoms with Gasteiger partial charge in [0.15, 0.2) is 0 Å². The van der Waals surface area contributed by atoms with Crippen LogP contribution in [0.25, 0.3) is 0 Å². The Bertz CT molecular complexity index is 501. The molecule has 5 heteroatoms. The first-order valence-corrected chi connectivity index (χ1v) is 8.36. The van der Waals surface area contributed by atoms with Gasteiger partial charge in [0, 0.05) is 23.2 Å². The second kappa shape index (κ2) is 8.39. The van der Waals surface area contributed by atoms with Crippen LogP contribution in [0.3, 0.4) is 0 Å². The van der Waals surface area contributed by atoms with Crippen LogP contribution in [-0.2, 0) is 11.2 Å². The molecule has 0 spiro atoms. The van der Waals surface area contributed by atoms with E-state index in [4.69, 9.17) is 16.3 Å². The summed E-state index contributed by atoms with van der Waals surface area (Å²) in [6.45, 7) is 4.89. The summed E-state index contributed by atoms with van der Waals surface area (Å²) in [4.78, 5) is 14.8. The minimum Gasteiger partial charge on any atom is -0.496 e. The number of carbonyl (C=O) groups is 1. The number of nitrogens with one attached hydrogen (secondary N) is 1. The van der Waals surface area contributed by atoms with Crippen molar-refractivity contribution in [2.45, 2.75) is 38.6 Å². The highest BCUT2D eigenvalue weighted by Crippen LogP contribution is 2.24. The summed E-state index contributed by atoms with van der Waals surface area (Å²) in [5.41, 5.74) is 0.857. The fourth-order valence-electron chi connectivity index (χ4n) is 3.02. The molecule has 122 valence electrons. The zero-order valence-corrected chi connectivity index (χ0v) is 14.2. The second-order valence-electron chi connectivity index (χ2n) is 5.70. The number of rotatable bonds is 6. The summed E-state index contributed by atoms with van der Waals surface area (Å²) in [6, 6.07) is 5.77. The normalized spacial score (nSPS) is 15.6. The number of benzene rings is 1. The Balaban J connectivity index is 2.12. The van der Waals surface area contributed by atoms with Crippen LogP contribution in [0.2, 0.25) is 5.02 Å². The Kier molecular flexibility index (Phi) is 6.52. The number of nitrogens with zero attached hydrogens (tertiary/aromatic N) is 1. The molecule has 0 radical (unpaired) electrons. The van der Waals surface area contributed by atoms with Gasteiger partial charge >= 0.3 is 0 Å². The molecule has 1 aliphatic heterocycles. The number of carbonyl (C=O) groups excluding carboxylic acids is 1. The molecule has 1 amide bonds. The van der Waals surface area contributed by atoms with Gasteiger partial charge in [-0.15, -0.1) is 0 Å². The van der Waals surface area contributed by atoms with Crippen molar-refractivity contribution < 1.29 is 9.53 Å². The van der Waals surface area contributed by atoms with Crippen molar-refractivity contribution in [3.63, 3.8) is 0 Å². The van der Waals surface area contributed by atoms with Crippen molar-refractivity contribution in [2.75, 3.05) is 26.7 Å². The van der Waals surface area contributed by atoms with Gasteiger partial charge < -0.3 is 15.0 Å². The number of ether oxygens (including phenoxy) is 1. The van der Waals surface area contributed by atoms with Crippen LogP contribution in [0.4, 0.5) is 0 Å². The third kappa shape index (κ3) is 4.37. The first-order valence-electron chi connectivity index (χ1n) is 7.98. The van der Waals surface area contributed by atoms with E-state index < -0.39 is 0 Å². The Morgan fingerprint density at radius 2 is 2.14 bits per heavy atom. The highest BCUT2D eigenvalue weighted by molar-refractivity contribution is 6.30. The summed E-state index contributed by atoms with van der Waals surface area (Å²) in [6.07, 6.45) is 3.37. The Hall–Kier alpha value is -1.26. The highest BCUT2D eigenvalue weighted by atomic mass is 35.5. The summed E-state index contributed by atoms with van der Waals surface area (Å²) < 4.78 is 5.35. The SMILES string of the molecule is CCCN(C(=O)Cc1cc(Cl)ccc1OC)C1CCNCC1. The first-order chi connectivity index (χ1) is 10.7. The predicted molar refractivity (Wildman–Crippen MR) is 89.6 cm³/mol. The molecule has 0 aromatic heterocycles. The molecular formula is C17H25ClN2O2. The molecular weight excluding hydrogens is 300 g/mol. The monoisotopic (exact) mass is 324 g/mol. The molecule has 1 aromatic rings. The van der Waals surface area contributed by atoms with E-state index in [1.165, 1.54) is 0 Å². The predicted octanol–water partition coefficient (Wildman–Crippen LogP) is 2.88. The summed E-state index contributed by atoms with van der Waals surface area (Å²) in [5, 5.41) is 3.98. The van der Waals surface area contributed by atoms with E-state index in [0.717, 1.165) is 50.2 Å².